The van der Waals surface area contributed by atoms with Crippen molar-refractivity contribution in [1.82, 2.24) is 0 Å². The number of nitrogens with zero attached hydrogens (tertiary/aromatic N) is 2. The van der Waals surface area contributed by atoms with Gasteiger partial charge in [0.25, 0.3) is 0 Å². The Morgan fingerprint density at radius 3 is 2.04 bits per heavy atom. The van der Waals surface area contributed by atoms with E-state index in [1.54, 1.807) is 29.2 Å². The number of amides is 2. The molecule has 25 heavy (non-hydrogen) atoms. The predicted molar refractivity (Wildman–Crippen MR) is 98.9 cm³/mol. The third-order valence-electron chi connectivity index (χ3n) is 3.92. The number of likely N-dealkylation sites (N-methyl/N-ethyl adjacent to an activating group) is 1. The molecule has 0 aromatic heterocycles. The van der Waals surface area contributed by atoms with Gasteiger partial charge in [-0.15, -0.1) is 0 Å². The summed E-state index contributed by atoms with van der Waals surface area (Å²) in [5.41, 5.74) is 1.83. The van der Waals surface area contributed by atoms with E-state index in [1.807, 2.05) is 37.3 Å². The lowest BCUT2D eigenvalue weighted by molar-refractivity contribution is -0.121. The van der Waals surface area contributed by atoms with Crippen LogP contribution in [-0.2, 0) is 9.59 Å². The molecule has 0 saturated carbocycles. The summed E-state index contributed by atoms with van der Waals surface area (Å²) in [5, 5.41) is 0. The van der Waals surface area contributed by atoms with Crippen molar-refractivity contribution < 1.29 is 14.4 Å². The van der Waals surface area contributed by atoms with Crippen LogP contribution in [-0.4, -0.2) is 30.7 Å². The van der Waals surface area contributed by atoms with Gasteiger partial charge in [0.2, 0.25) is 11.8 Å². The van der Waals surface area contributed by atoms with Crippen molar-refractivity contribution in [2.75, 3.05) is 22.9 Å². The van der Waals surface area contributed by atoms with Crippen LogP contribution in [0, 0.1) is 0 Å². The normalized spacial score (nSPS) is 10.2. The minimum Gasteiger partial charge on any atom is -0.311 e. The van der Waals surface area contributed by atoms with Gasteiger partial charge in [0, 0.05) is 30.4 Å². The molecule has 0 saturated heterocycles. The summed E-state index contributed by atoms with van der Waals surface area (Å²) in [7, 11) is 0. The van der Waals surface area contributed by atoms with Crippen LogP contribution in [0.4, 0.5) is 11.4 Å². The number of hydrogen-bond acceptors (Lipinski definition) is 3. The average Bonchev–Trinajstić information content (AvgIpc) is 2.61. The van der Waals surface area contributed by atoms with Gasteiger partial charge in [-0.25, -0.2) is 0 Å². The molecule has 5 nitrogen and oxygen atoms in total. The third-order valence-corrected chi connectivity index (χ3v) is 3.92. The maximum Gasteiger partial charge on any atom is 0.247 e. The van der Waals surface area contributed by atoms with E-state index in [0.717, 1.165) is 5.69 Å². The second kappa shape index (κ2) is 8.24. The predicted octanol–water partition coefficient (Wildman–Crippen LogP) is 3.30. The molecule has 0 aliphatic heterocycles. The fourth-order valence-electron chi connectivity index (χ4n) is 2.61. The van der Waals surface area contributed by atoms with Crippen molar-refractivity contribution in [2.45, 2.75) is 20.8 Å². The van der Waals surface area contributed by atoms with Crippen LogP contribution < -0.4 is 9.80 Å². The number of carbonyl (C=O) groups is 3. The van der Waals surface area contributed by atoms with Crippen LogP contribution in [0.3, 0.4) is 0 Å². The van der Waals surface area contributed by atoms with Crippen molar-refractivity contribution >= 4 is 29.0 Å². The maximum atomic E-state index is 12.7. The molecule has 0 bridgehead atoms. The van der Waals surface area contributed by atoms with Gasteiger partial charge in [-0.05, 0) is 38.1 Å². The second-order valence-corrected chi connectivity index (χ2v) is 5.69. The van der Waals surface area contributed by atoms with Crippen molar-refractivity contribution in [3.05, 3.63) is 60.2 Å². The first-order chi connectivity index (χ1) is 11.9. The molecule has 0 N–H and O–H groups in total. The first-order valence-electron chi connectivity index (χ1n) is 8.18. The number of benzene rings is 2. The molecule has 2 amide bonds. The van der Waals surface area contributed by atoms with E-state index >= 15 is 0 Å². The first kappa shape index (κ1) is 18.4. The second-order valence-electron chi connectivity index (χ2n) is 5.69. The highest BCUT2D eigenvalue weighted by Crippen LogP contribution is 2.19. The highest BCUT2D eigenvalue weighted by Gasteiger charge is 2.21. The van der Waals surface area contributed by atoms with E-state index in [9.17, 15) is 14.4 Å². The average molecular weight is 338 g/mol. The van der Waals surface area contributed by atoms with Gasteiger partial charge in [0.15, 0.2) is 5.78 Å². The Labute approximate surface area is 147 Å². The molecule has 0 aliphatic carbocycles. The number of carbonyl (C=O) groups excluding carboxylic acids is 3. The molecule has 2 aromatic rings. The largest absolute Gasteiger partial charge is 0.311 e. The lowest BCUT2D eigenvalue weighted by Crippen LogP contribution is -2.42. The highest BCUT2D eigenvalue weighted by molar-refractivity contribution is 6.04. The molecule has 0 spiro atoms. The summed E-state index contributed by atoms with van der Waals surface area (Å²) >= 11 is 0. The van der Waals surface area contributed by atoms with Gasteiger partial charge in [-0.2, -0.15) is 0 Å². The molecular formula is C20H22N2O3. The zero-order valence-electron chi connectivity index (χ0n) is 14.7. The smallest absolute Gasteiger partial charge is 0.247 e. The Morgan fingerprint density at radius 1 is 0.840 bits per heavy atom. The number of hydrogen-bond donors (Lipinski definition) is 0. The molecule has 0 radical (unpaired) electrons. The van der Waals surface area contributed by atoms with Crippen LogP contribution in [0.15, 0.2) is 54.6 Å². The maximum absolute atomic E-state index is 12.7. The third kappa shape index (κ3) is 4.53. The Kier molecular flexibility index (Phi) is 6.06. The van der Waals surface area contributed by atoms with E-state index in [0.29, 0.717) is 17.8 Å². The minimum absolute atomic E-state index is 0.0839. The van der Waals surface area contributed by atoms with Crippen LogP contribution in [0.5, 0.6) is 0 Å². The van der Waals surface area contributed by atoms with Crippen LogP contribution in [0.25, 0.3) is 0 Å². The Hall–Kier alpha value is -2.95. The molecule has 0 heterocycles. The van der Waals surface area contributed by atoms with Gasteiger partial charge in [-0.1, -0.05) is 30.3 Å². The number of Topliss-reactive ketones (excluding diaryl/α,β-unsaturated/α-hetero) is 1. The quantitative estimate of drug-likeness (QED) is 0.760. The van der Waals surface area contributed by atoms with Crippen molar-refractivity contribution in [3.63, 3.8) is 0 Å². The van der Waals surface area contributed by atoms with Gasteiger partial charge in [0.05, 0.1) is 0 Å². The van der Waals surface area contributed by atoms with Crippen molar-refractivity contribution in [1.29, 1.82) is 0 Å². The van der Waals surface area contributed by atoms with E-state index in [-0.39, 0.29) is 24.1 Å². The molecule has 2 rings (SSSR count). The van der Waals surface area contributed by atoms with Gasteiger partial charge < -0.3 is 9.80 Å². The number of ketones is 1. The molecule has 2 aromatic carbocycles. The van der Waals surface area contributed by atoms with Gasteiger partial charge >= 0.3 is 0 Å². The molecular weight excluding hydrogens is 316 g/mol. The number of anilines is 2. The molecule has 130 valence electrons. The van der Waals surface area contributed by atoms with E-state index in [4.69, 9.17) is 0 Å². The van der Waals surface area contributed by atoms with Crippen LogP contribution in [0.2, 0.25) is 0 Å². The van der Waals surface area contributed by atoms with Gasteiger partial charge in [-0.3, -0.25) is 14.4 Å². The van der Waals surface area contributed by atoms with E-state index in [1.165, 1.54) is 18.7 Å². The SMILES string of the molecule is CCN(C(=O)CN(C(C)=O)c1cccc(C(C)=O)c1)c1ccccc1. The zero-order valence-corrected chi connectivity index (χ0v) is 14.7. The standard InChI is InChI=1S/C20H22N2O3/c1-4-21(18-10-6-5-7-11-18)20(25)14-22(16(3)24)19-12-8-9-17(13-19)15(2)23/h5-13H,4,14H2,1-3H3. The molecule has 0 aliphatic rings. The van der Waals surface area contributed by atoms with E-state index in [2.05, 4.69) is 0 Å². The summed E-state index contributed by atoms with van der Waals surface area (Å²) in [6.07, 6.45) is 0. The number of para-hydroxylation sites is 1. The fraction of sp³-hybridized carbons (Fsp3) is 0.250. The Morgan fingerprint density at radius 2 is 1.48 bits per heavy atom. The molecule has 0 atom stereocenters. The van der Waals surface area contributed by atoms with Gasteiger partial charge in [0.1, 0.15) is 6.54 Å². The Bertz CT molecular complexity index is 772. The Balaban J connectivity index is 2.27. The fourth-order valence-corrected chi connectivity index (χ4v) is 2.61. The minimum atomic E-state index is -0.252. The number of rotatable bonds is 6. The summed E-state index contributed by atoms with van der Waals surface area (Å²) in [6.45, 7) is 5.18. The summed E-state index contributed by atoms with van der Waals surface area (Å²) < 4.78 is 0. The van der Waals surface area contributed by atoms with Crippen molar-refractivity contribution in [3.8, 4) is 0 Å². The molecule has 5 heteroatoms. The summed E-state index contributed by atoms with van der Waals surface area (Å²) in [6, 6.07) is 16.1. The first-order valence-corrected chi connectivity index (χ1v) is 8.18. The lowest BCUT2D eigenvalue weighted by Gasteiger charge is -2.26. The van der Waals surface area contributed by atoms with Crippen LogP contribution >= 0.6 is 0 Å². The zero-order chi connectivity index (χ0) is 18.4. The topological polar surface area (TPSA) is 57.7 Å². The van der Waals surface area contributed by atoms with E-state index < -0.39 is 0 Å². The monoisotopic (exact) mass is 338 g/mol. The molecule has 0 unspecified atom stereocenters. The summed E-state index contributed by atoms with van der Waals surface area (Å²) in [5.74, 6) is -0.522. The summed E-state index contributed by atoms with van der Waals surface area (Å²) in [4.78, 5) is 39.4. The molecule has 0 fully saturated rings. The van der Waals surface area contributed by atoms with Crippen LogP contribution in [0.1, 0.15) is 31.1 Å². The van der Waals surface area contributed by atoms with Crippen molar-refractivity contribution in [2.24, 2.45) is 0 Å². The highest BCUT2D eigenvalue weighted by atomic mass is 16.2. The lowest BCUT2D eigenvalue weighted by atomic mass is 10.1.